The molecule has 0 radical (unpaired) electrons. The number of nitrogens with two attached hydrogens (primary N) is 1. The summed E-state index contributed by atoms with van der Waals surface area (Å²) in [4.78, 5) is 0. The van der Waals surface area contributed by atoms with Crippen LogP contribution in [-0.4, -0.2) is 12.7 Å². The van der Waals surface area contributed by atoms with Gasteiger partial charge in [0, 0.05) is 12.6 Å². The molecular weight excluding hydrogens is 212 g/mol. The minimum Gasteiger partial charge on any atom is -0.378 e. The summed E-state index contributed by atoms with van der Waals surface area (Å²) >= 11 is 0. The van der Waals surface area contributed by atoms with E-state index in [0.717, 1.165) is 25.9 Å². The first-order chi connectivity index (χ1) is 8.40. The third-order valence-corrected chi connectivity index (χ3v) is 3.45. The van der Waals surface area contributed by atoms with Gasteiger partial charge in [-0.2, -0.15) is 0 Å². The molecule has 3 nitrogen and oxygen atoms in total. The van der Waals surface area contributed by atoms with Gasteiger partial charge >= 0.3 is 0 Å². The molecule has 1 saturated heterocycles. The van der Waals surface area contributed by atoms with Gasteiger partial charge in [-0.3, -0.25) is 11.3 Å². The molecule has 17 heavy (non-hydrogen) atoms. The van der Waals surface area contributed by atoms with E-state index in [1.54, 1.807) is 0 Å². The van der Waals surface area contributed by atoms with E-state index in [1.807, 2.05) is 6.07 Å². The van der Waals surface area contributed by atoms with Crippen LogP contribution in [0.3, 0.4) is 0 Å². The fourth-order valence-electron chi connectivity index (χ4n) is 2.45. The second-order valence-electron chi connectivity index (χ2n) is 4.70. The Balaban J connectivity index is 1.75. The molecule has 2 rings (SSSR count). The monoisotopic (exact) mass is 234 g/mol. The first-order valence-corrected chi connectivity index (χ1v) is 6.53. The van der Waals surface area contributed by atoms with Gasteiger partial charge in [-0.1, -0.05) is 30.3 Å². The van der Waals surface area contributed by atoms with Crippen LogP contribution in [0.15, 0.2) is 30.3 Å². The summed E-state index contributed by atoms with van der Waals surface area (Å²) in [5, 5.41) is 0. The zero-order valence-corrected chi connectivity index (χ0v) is 10.3. The van der Waals surface area contributed by atoms with E-state index in [1.165, 1.54) is 18.4 Å². The Morgan fingerprint density at radius 1 is 1.35 bits per heavy atom. The van der Waals surface area contributed by atoms with Crippen LogP contribution in [-0.2, 0) is 4.74 Å². The lowest BCUT2D eigenvalue weighted by Gasteiger charge is -2.17. The maximum atomic E-state index is 5.62. The summed E-state index contributed by atoms with van der Waals surface area (Å²) < 4.78 is 5.62. The number of benzene rings is 1. The van der Waals surface area contributed by atoms with Crippen LogP contribution in [0.5, 0.6) is 0 Å². The molecule has 1 aromatic rings. The quantitative estimate of drug-likeness (QED) is 0.587. The predicted molar refractivity (Wildman–Crippen MR) is 69.3 cm³/mol. The molecule has 0 bridgehead atoms. The standard InChI is InChI=1S/C14H22N2O/c15-16-14(12-6-2-1-3-7-12)10-4-8-13-9-5-11-17-13/h1-3,6-7,13-14,16H,4-5,8-11,15H2. The molecule has 0 aromatic heterocycles. The summed E-state index contributed by atoms with van der Waals surface area (Å²) in [5.41, 5.74) is 4.17. The zero-order valence-electron chi connectivity index (χ0n) is 10.3. The normalized spacial score (nSPS) is 21.6. The molecular formula is C14H22N2O. The lowest BCUT2D eigenvalue weighted by Crippen LogP contribution is -2.28. The number of hydrogen-bond donors (Lipinski definition) is 2. The van der Waals surface area contributed by atoms with Gasteiger partial charge in [0.25, 0.3) is 0 Å². The largest absolute Gasteiger partial charge is 0.378 e. The van der Waals surface area contributed by atoms with Crippen molar-refractivity contribution in [1.82, 2.24) is 5.43 Å². The van der Waals surface area contributed by atoms with Crippen molar-refractivity contribution >= 4 is 0 Å². The highest BCUT2D eigenvalue weighted by Gasteiger charge is 2.16. The van der Waals surface area contributed by atoms with Gasteiger partial charge in [-0.15, -0.1) is 0 Å². The lowest BCUT2D eigenvalue weighted by molar-refractivity contribution is 0.101. The van der Waals surface area contributed by atoms with Crippen molar-refractivity contribution in [2.75, 3.05) is 6.61 Å². The zero-order chi connectivity index (χ0) is 11.9. The third kappa shape index (κ3) is 3.80. The van der Waals surface area contributed by atoms with Gasteiger partial charge < -0.3 is 4.74 Å². The molecule has 0 amide bonds. The Morgan fingerprint density at radius 2 is 2.18 bits per heavy atom. The Hall–Kier alpha value is -0.900. The highest BCUT2D eigenvalue weighted by atomic mass is 16.5. The van der Waals surface area contributed by atoms with E-state index in [-0.39, 0.29) is 6.04 Å². The number of ether oxygens (including phenoxy) is 1. The van der Waals surface area contributed by atoms with Crippen molar-refractivity contribution < 1.29 is 4.74 Å². The van der Waals surface area contributed by atoms with Gasteiger partial charge in [0.15, 0.2) is 0 Å². The van der Waals surface area contributed by atoms with Crippen molar-refractivity contribution in [3.8, 4) is 0 Å². The maximum absolute atomic E-state index is 5.62. The smallest absolute Gasteiger partial charge is 0.0576 e. The molecule has 0 aliphatic carbocycles. The molecule has 0 spiro atoms. The van der Waals surface area contributed by atoms with Crippen LogP contribution >= 0.6 is 0 Å². The van der Waals surface area contributed by atoms with Gasteiger partial charge in [0.05, 0.1) is 6.10 Å². The van der Waals surface area contributed by atoms with Crippen molar-refractivity contribution in [3.05, 3.63) is 35.9 Å². The molecule has 1 aliphatic heterocycles. The third-order valence-electron chi connectivity index (χ3n) is 3.45. The van der Waals surface area contributed by atoms with E-state index in [2.05, 4.69) is 29.7 Å². The lowest BCUT2D eigenvalue weighted by atomic mass is 10.00. The molecule has 94 valence electrons. The summed E-state index contributed by atoms with van der Waals surface area (Å²) in [6, 6.07) is 10.6. The van der Waals surface area contributed by atoms with Gasteiger partial charge in [0.2, 0.25) is 0 Å². The molecule has 0 saturated carbocycles. The molecule has 3 heteroatoms. The SMILES string of the molecule is NNC(CCCC1CCCO1)c1ccccc1. The minimum atomic E-state index is 0.262. The van der Waals surface area contributed by atoms with Crippen molar-refractivity contribution in [3.63, 3.8) is 0 Å². The van der Waals surface area contributed by atoms with Gasteiger partial charge in [-0.25, -0.2) is 0 Å². The minimum absolute atomic E-state index is 0.262. The van der Waals surface area contributed by atoms with Crippen molar-refractivity contribution in [2.24, 2.45) is 5.84 Å². The number of hydrazine groups is 1. The molecule has 1 aromatic carbocycles. The summed E-state index contributed by atoms with van der Waals surface area (Å²) in [7, 11) is 0. The predicted octanol–water partition coefficient (Wildman–Crippen LogP) is 2.54. The van der Waals surface area contributed by atoms with Crippen LogP contribution in [0.4, 0.5) is 0 Å². The Bertz CT molecular complexity index is 309. The summed E-state index contributed by atoms with van der Waals surface area (Å²) in [6.45, 7) is 0.946. The van der Waals surface area contributed by atoms with Crippen molar-refractivity contribution in [2.45, 2.75) is 44.2 Å². The second kappa shape index (κ2) is 6.74. The van der Waals surface area contributed by atoms with Gasteiger partial charge in [-0.05, 0) is 37.7 Å². The fourth-order valence-corrected chi connectivity index (χ4v) is 2.45. The first kappa shape index (κ1) is 12.6. The fraction of sp³-hybridized carbons (Fsp3) is 0.571. The van der Waals surface area contributed by atoms with Crippen LogP contribution < -0.4 is 11.3 Å². The topological polar surface area (TPSA) is 47.3 Å². The Labute approximate surface area is 103 Å². The molecule has 1 heterocycles. The van der Waals surface area contributed by atoms with E-state index in [4.69, 9.17) is 10.6 Å². The highest BCUT2D eigenvalue weighted by Crippen LogP contribution is 2.22. The average molecular weight is 234 g/mol. The van der Waals surface area contributed by atoms with Crippen LogP contribution in [0.25, 0.3) is 0 Å². The molecule has 1 aliphatic rings. The van der Waals surface area contributed by atoms with Crippen LogP contribution in [0, 0.1) is 0 Å². The summed E-state index contributed by atoms with van der Waals surface area (Å²) in [6.07, 6.45) is 6.33. The second-order valence-corrected chi connectivity index (χ2v) is 4.70. The van der Waals surface area contributed by atoms with E-state index < -0.39 is 0 Å². The van der Waals surface area contributed by atoms with Gasteiger partial charge in [0.1, 0.15) is 0 Å². The number of hydrogen-bond acceptors (Lipinski definition) is 3. The van der Waals surface area contributed by atoms with E-state index in [9.17, 15) is 0 Å². The Morgan fingerprint density at radius 3 is 2.82 bits per heavy atom. The van der Waals surface area contributed by atoms with Crippen LogP contribution in [0.2, 0.25) is 0 Å². The van der Waals surface area contributed by atoms with E-state index in [0.29, 0.717) is 6.10 Å². The van der Waals surface area contributed by atoms with Crippen molar-refractivity contribution in [1.29, 1.82) is 0 Å². The highest BCUT2D eigenvalue weighted by molar-refractivity contribution is 5.18. The van der Waals surface area contributed by atoms with E-state index >= 15 is 0 Å². The number of rotatable bonds is 6. The molecule has 2 unspecified atom stereocenters. The van der Waals surface area contributed by atoms with Crippen LogP contribution in [0.1, 0.15) is 43.7 Å². The average Bonchev–Trinajstić information content (AvgIpc) is 2.89. The molecule has 1 fully saturated rings. The summed E-state index contributed by atoms with van der Waals surface area (Å²) in [5.74, 6) is 5.62. The first-order valence-electron chi connectivity index (χ1n) is 6.53. The molecule has 3 N–H and O–H groups in total. The Kier molecular flexibility index (Phi) is 4.98. The number of nitrogens with one attached hydrogen (secondary N) is 1. The molecule has 2 atom stereocenters. The maximum Gasteiger partial charge on any atom is 0.0576 e.